The van der Waals surface area contributed by atoms with Crippen molar-refractivity contribution in [2.45, 2.75) is 13.3 Å². The Morgan fingerprint density at radius 1 is 1.42 bits per heavy atom. The molecule has 0 saturated heterocycles. The van der Waals surface area contributed by atoms with Gasteiger partial charge >= 0.3 is 0 Å². The Balaban J connectivity index is 3.04. The Morgan fingerprint density at radius 2 is 2.08 bits per heavy atom. The van der Waals surface area contributed by atoms with Gasteiger partial charge in [-0.15, -0.1) is 0 Å². The minimum Gasteiger partial charge on any atom is -0.388 e. The summed E-state index contributed by atoms with van der Waals surface area (Å²) in [5, 5.41) is 10.8. The molecule has 0 saturated carbocycles. The van der Waals surface area contributed by atoms with Crippen molar-refractivity contribution in [3.63, 3.8) is 0 Å². The Labute approximate surface area is 73.1 Å². The van der Waals surface area contributed by atoms with E-state index in [1.54, 1.807) is 0 Å². The quantitative estimate of drug-likeness (QED) is 0.658. The van der Waals surface area contributed by atoms with E-state index in [1.807, 2.05) is 38.2 Å². The average molecular weight is 162 g/mol. The molecule has 2 heteroatoms. The van der Waals surface area contributed by atoms with Gasteiger partial charge in [0.05, 0.1) is 0 Å². The van der Waals surface area contributed by atoms with E-state index in [0.717, 1.165) is 17.7 Å². The lowest BCUT2D eigenvalue weighted by atomic mass is 10.1. The van der Waals surface area contributed by atoms with Gasteiger partial charge in [-0.3, -0.25) is 0 Å². The molecule has 1 aromatic carbocycles. The molecule has 0 radical (unpaired) electrons. The predicted octanol–water partition coefficient (Wildman–Crippen LogP) is 2.51. The summed E-state index contributed by atoms with van der Waals surface area (Å²) < 4.78 is 0. The van der Waals surface area contributed by atoms with Crippen LogP contribution in [0.5, 0.6) is 0 Å². The van der Waals surface area contributed by atoms with Crippen molar-refractivity contribution in [1.29, 1.82) is 5.41 Å². The second-order valence-electron chi connectivity index (χ2n) is 2.63. The number of hydrogen-bond acceptors (Lipinski definition) is 2. The van der Waals surface area contributed by atoms with Gasteiger partial charge in [-0.2, -0.15) is 0 Å². The van der Waals surface area contributed by atoms with Gasteiger partial charge in [-0.1, -0.05) is 25.1 Å². The van der Waals surface area contributed by atoms with Crippen molar-refractivity contribution >= 4 is 11.4 Å². The Kier molecular flexibility index (Phi) is 2.86. The van der Waals surface area contributed by atoms with E-state index in [-0.39, 0.29) is 0 Å². The smallest absolute Gasteiger partial charge is 0.0429 e. The summed E-state index contributed by atoms with van der Waals surface area (Å²) in [5.41, 5.74) is 2.71. The highest BCUT2D eigenvalue weighted by Crippen LogP contribution is 2.15. The predicted molar refractivity (Wildman–Crippen MR) is 53.1 cm³/mol. The molecule has 0 aliphatic rings. The van der Waals surface area contributed by atoms with Gasteiger partial charge in [-0.25, -0.2) is 0 Å². The average Bonchev–Trinajstić information content (AvgIpc) is 2.16. The van der Waals surface area contributed by atoms with Gasteiger partial charge in [-0.05, 0) is 12.5 Å². The fourth-order valence-electron chi connectivity index (χ4n) is 1.15. The van der Waals surface area contributed by atoms with Crippen LogP contribution in [0.25, 0.3) is 0 Å². The van der Waals surface area contributed by atoms with E-state index in [0.29, 0.717) is 5.71 Å². The Bertz CT molecular complexity index is 279. The number of benzene rings is 1. The van der Waals surface area contributed by atoms with E-state index in [9.17, 15) is 0 Å². The Hall–Kier alpha value is -1.31. The highest BCUT2D eigenvalue weighted by atomic mass is 14.8. The highest BCUT2D eigenvalue weighted by Gasteiger charge is 2.02. The summed E-state index contributed by atoms with van der Waals surface area (Å²) in [6.07, 6.45) is 0.776. The highest BCUT2D eigenvalue weighted by molar-refractivity contribution is 6.02. The third-order valence-corrected chi connectivity index (χ3v) is 1.88. The van der Waals surface area contributed by atoms with Gasteiger partial charge in [0.15, 0.2) is 0 Å². The monoisotopic (exact) mass is 162 g/mol. The van der Waals surface area contributed by atoms with Crippen LogP contribution >= 0.6 is 0 Å². The molecule has 0 bridgehead atoms. The van der Waals surface area contributed by atoms with Gasteiger partial charge in [0.1, 0.15) is 0 Å². The third kappa shape index (κ3) is 1.64. The lowest BCUT2D eigenvalue weighted by Gasteiger charge is -2.07. The first-order valence-electron chi connectivity index (χ1n) is 4.14. The minimum atomic E-state index is 0.681. The standard InChI is InChI=1S/C10H14N2/c1-3-9(11)8-6-4-5-7-10(8)12-2/h4-7,11-12H,3H2,1-2H3. The van der Waals surface area contributed by atoms with Crippen LogP contribution in [0.15, 0.2) is 24.3 Å². The molecular formula is C10H14N2. The maximum Gasteiger partial charge on any atom is 0.0429 e. The normalized spacial score (nSPS) is 9.50. The minimum absolute atomic E-state index is 0.681. The van der Waals surface area contributed by atoms with Crippen molar-refractivity contribution in [2.24, 2.45) is 0 Å². The van der Waals surface area contributed by atoms with Crippen LogP contribution in [0.1, 0.15) is 18.9 Å². The molecule has 1 aromatic rings. The van der Waals surface area contributed by atoms with Crippen LogP contribution in [0.2, 0.25) is 0 Å². The molecular weight excluding hydrogens is 148 g/mol. The molecule has 0 aliphatic carbocycles. The summed E-state index contributed by atoms with van der Waals surface area (Å²) in [7, 11) is 1.88. The van der Waals surface area contributed by atoms with Crippen molar-refractivity contribution < 1.29 is 0 Å². The lowest BCUT2D eigenvalue weighted by molar-refractivity contribution is 1.24. The second kappa shape index (κ2) is 3.90. The first kappa shape index (κ1) is 8.78. The van der Waals surface area contributed by atoms with E-state index in [4.69, 9.17) is 5.41 Å². The van der Waals surface area contributed by atoms with E-state index >= 15 is 0 Å². The number of para-hydroxylation sites is 1. The zero-order valence-corrected chi connectivity index (χ0v) is 7.52. The van der Waals surface area contributed by atoms with Gasteiger partial charge in [0, 0.05) is 24.0 Å². The van der Waals surface area contributed by atoms with Crippen LogP contribution in [-0.2, 0) is 0 Å². The van der Waals surface area contributed by atoms with Crippen LogP contribution in [0, 0.1) is 5.41 Å². The van der Waals surface area contributed by atoms with Crippen LogP contribution in [-0.4, -0.2) is 12.8 Å². The maximum atomic E-state index is 7.68. The summed E-state index contributed by atoms with van der Waals surface area (Å²) in [6, 6.07) is 7.88. The largest absolute Gasteiger partial charge is 0.388 e. The van der Waals surface area contributed by atoms with Gasteiger partial charge < -0.3 is 10.7 Å². The van der Waals surface area contributed by atoms with Crippen LogP contribution < -0.4 is 5.32 Å². The lowest BCUT2D eigenvalue weighted by Crippen LogP contribution is -2.01. The number of rotatable bonds is 3. The van der Waals surface area contributed by atoms with Gasteiger partial charge in [0.2, 0.25) is 0 Å². The fraction of sp³-hybridized carbons (Fsp3) is 0.300. The number of anilines is 1. The SMILES string of the molecule is CCC(=N)c1ccccc1NC. The van der Waals surface area contributed by atoms with Crippen molar-refractivity contribution in [1.82, 2.24) is 0 Å². The van der Waals surface area contributed by atoms with Crippen molar-refractivity contribution in [2.75, 3.05) is 12.4 Å². The molecule has 2 nitrogen and oxygen atoms in total. The zero-order valence-electron chi connectivity index (χ0n) is 7.52. The molecule has 0 atom stereocenters. The zero-order chi connectivity index (χ0) is 8.97. The Morgan fingerprint density at radius 3 is 2.67 bits per heavy atom. The molecule has 0 spiro atoms. The molecule has 64 valence electrons. The number of hydrogen-bond donors (Lipinski definition) is 2. The number of nitrogens with one attached hydrogen (secondary N) is 2. The molecule has 0 unspecified atom stereocenters. The second-order valence-corrected chi connectivity index (χ2v) is 2.63. The molecule has 0 aliphatic heterocycles. The molecule has 0 heterocycles. The van der Waals surface area contributed by atoms with Crippen molar-refractivity contribution in [3.05, 3.63) is 29.8 Å². The van der Waals surface area contributed by atoms with E-state index in [1.165, 1.54) is 0 Å². The molecule has 0 fully saturated rings. The first-order valence-corrected chi connectivity index (χ1v) is 4.14. The van der Waals surface area contributed by atoms with Gasteiger partial charge in [0.25, 0.3) is 0 Å². The van der Waals surface area contributed by atoms with E-state index in [2.05, 4.69) is 5.32 Å². The molecule has 0 aromatic heterocycles. The summed E-state index contributed by atoms with van der Waals surface area (Å²) in [4.78, 5) is 0. The summed E-state index contributed by atoms with van der Waals surface area (Å²) in [5.74, 6) is 0. The fourth-order valence-corrected chi connectivity index (χ4v) is 1.15. The van der Waals surface area contributed by atoms with Crippen molar-refractivity contribution in [3.8, 4) is 0 Å². The maximum absolute atomic E-state index is 7.68. The summed E-state index contributed by atoms with van der Waals surface area (Å²) >= 11 is 0. The van der Waals surface area contributed by atoms with Crippen LogP contribution in [0.4, 0.5) is 5.69 Å². The molecule has 0 amide bonds. The molecule has 12 heavy (non-hydrogen) atoms. The van der Waals surface area contributed by atoms with E-state index < -0.39 is 0 Å². The topological polar surface area (TPSA) is 35.9 Å². The first-order chi connectivity index (χ1) is 5.79. The third-order valence-electron chi connectivity index (χ3n) is 1.88. The molecule has 2 N–H and O–H groups in total. The molecule has 1 rings (SSSR count). The summed E-state index contributed by atoms with van der Waals surface area (Å²) in [6.45, 7) is 1.99. The van der Waals surface area contributed by atoms with Crippen LogP contribution in [0.3, 0.4) is 0 Å².